The average molecular weight is 319 g/mol. The summed E-state index contributed by atoms with van der Waals surface area (Å²) in [5, 5.41) is 3.48. The molecule has 0 saturated heterocycles. The lowest BCUT2D eigenvalue weighted by molar-refractivity contribution is -0.116. The summed E-state index contributed by atoms with van der Waals surface area (Å²) in [6.45, 7) is 1.93. The van der Waals surface area contributed by atoms with E-state index in [1.807, 2.05) is 6.92 Å². The minimum atomic E-state index is -0.201. The topological polar surface area (TPSA) is 79.8 Å². The molecule has 0 saturated carbocycles. The molecule has 3 N–H and O–H groups in total. The van der Waals surface area contributed by atoms with Gasteiger partial charge in [0, 0.05) is 12.5 Å². The van der Waals surface area contributed by atoms with E-state index in [0.29, 0.717) is 27.1 Å². The first-order chi connectivity index (χ1) is 9.02. The van der Waals surface area contributed by atoms with Crippen LogP contribution >= 0.6 is 23.2 Å². The number of halogens is 2. The van der Waals surface area contributed by atoms with Gasteiger partial charge in [-0.2, -0.15) is 8.73 Å². The van der Waals surface area contributed by atoms with E-state index in [0.717, 1.165) is 17.8 Å². The quantitative estimate of drug-likeness (QED) is 0.899. The second-order valence-corrected chi connectivity index (χ2v) is 5.44. The Kier molecular flexibility index (Phi) is 4.57. The third kappa shape index (κ3) is 3.14. The Balaban J connectivity index is 2.25. The molecule has 8 heteroatoms. The molecule has 1 atom stereocenters. The van der Waals surface area contributed by atoms with E-state index >= 15 is 0 Å². The summed E-state index contributed by atoms with van der Waals surface area (Å²) in [7, 11) is 0. The predicted molar refractivity (Wildman–Crippen MR) is 79.5 cm³/mol. The molecule has 1 aromatic rings. The number of rotatable bonds is 4. The number of hydrogen-bond acceptors (Lipinski definition) is 4. The zero-order valence-electron chi connectivity index (χ0n) is 10.1. The monoisotopic (exact) mass is 318 g/mol. The molecule has 102 valence electrons. The molecule has 0 aromatic heterocycles. The van der Waals surface area contributed by atoms with Crippen molar-refractivity contribution in [1.29, 1.82) is 0 Å². The number of fused-ring (bicyclic) bond motifs is 1. The van der Waals surface area contributed by atoms with Crippen LogP contribution in [0.3, 0.4) is 0 Å². The molecule has 2 rings (SSSR count). The van der Waals surface area contributed by atoms with Gasteiger partial charge in [-0.05, 0) is 12.5 Å². The minimum absolute atomic E-state index is 0.171. The standard InChI is InChI=1S/C11H12Cl2N4OS/c1-2-5(14)3-8(18)15-9-6(12)4-7(13)10-11(9)17-19-16-10/h4-5H,2-3,14H2,1H3,(H,15,18). The van der Waals surface area contributed by atoms with Crippen molar-refractivity contribution < 1.29 is 4.79 Å². The van der Waals surface area contributed by atoms with Crippen molar-refractivity contribution in [1.82, 2.24) is 0 Å². The number of hydrogen-bond donors (Lipinski definition) is 2. The summed E-state index contributed by atoms with van der Waals surface area (Å²) in [4.78, 5) is 11.9. The first-order valence-corrected chi connectivity index (χ1v) is 7.17. The van der Waals surface area contributed by atoms with Gasteiger partial charge in [0.2, 0.25) is 5.91 Å². The average Bonchev–Trinajstić information content (AvgIpc) is 2.83. The van der Waals surface area contributed by atoms with Crippen LogP contribution in [0.15, 0.2) is 14.8 Å². The maximum absolute atomic E-state index is 11.9. The summed E-state index contributed by atoms with van der Waals surface area (Å²) in [6, 6.07) is 1.37. The Bertz CT molecular complexity index is 599. The molecule has 1 unspecified atom stereocenters. The van der Waals surface area contributed by atoms with E-state index in [4.69, 9.17) is 28.9 Å². The minimum Gasteiger partial charge on any atom is -0.327 e. The summed E-state index contributed by atoms with van der Waals surface area (Å²) >= 11 is 13.1. The van der Waals surface area contributed by atoms with Crippen molar-refractivity contribution in [3.8, 4) is 0 Å². The lowest BCUT2D eigenvalue weighted by atomic mass is 10.1. The molecule has 1 heterocycles. The van der Waals surface area contributed by atoms with E-state index < -0.39 is 0 Å². The van der Waals surface area contributed by atoms with Crippen LogP contribution in [0.25, 0.3) is 0 Å². The molecule has 1 aromatic carbocycles. The number of amides is 1. The molecule has 0 aliphatic carbocycles. The van der Waals surface area contributed by atoms with Crippen LogP contribution in [0.4, 0.5) is 17.1 Å². The fraction of sp³-hybridized carbons (Fsp3) is 0.364. The molecule has 1 aliphatic rings. The second kappa shape index (κ2) is 6.00. The van der Waals surface area contributed by atoms with E-state index in [1.165, 1.54) is 0 Å². The van der Waals surface area contributed by atoms with Gasteiger partial charge in [-0.25, -0.2) is 0 Å². The van der Waals surface area contributed by atoms with Crippen molar-refractivity contribution in [3.05, 3.63) is 16.1 Å². The van der Waals surface area contributed by atoms with Crippen LogP contribution in [0.1, 0.15) is 19.8 Å². The smallest absolute Gasteiger partial charge is 0.226 e. The highest BCUT2D eigenvalue weighted by Gasteiger charge is 2.20. The molecule has 0 bridgehead atoms. The molecule has 5 nitrogen and oxygen atoms in total. The number of nitrogens with one attached hydrogen (secondary N) is 1. The van der Waals surface area contributed by atoms with Gasteiger partial charge in [-0.15, -0.1) is 0 Å². The SMILES string of the molecule is CCC(N)CC(=O)Nc1c(Cl)cc(Cl)c2c1N=S=N2. The summed E-state index contributed by atoms with van der Waals surface area (Å²) in [6.07, 6.45) is 0.962. The highest BCUT2D eigenvalue weighted by Crippen LogP contribution is 2.47. The summed E-state index contributed by atoms with van der Waals surface area (Å²) < 4.78 is 8.18. The van der Waals surface area contributed by atoms with Gasteiger partial charge in [-0.3, -0.25) is 4.79 Å². The highest BCUT2D eigenvalue weighted by molar-refractivity contribution is 7.58. The predicted octanol–water partition coefficient (Wildman–Crippen LogP) is 3.79. The fourth-order valence-corrected chi connectivity index (χ4v) is 2.73. The van der Waals surface area contributed by atoms with Gasteiger partial charge >= 0.3 is 0 Å². The fourth-order valence-electron chi connectivity index (χ4n) is 1.57. The largest absolute Gasteiger partial charge is 0.327 e. The van der Waals surface area contributed by atoms with Gasteiger partial charge < -0.3 is 11.1 Å². The second-order valence-electron chi connectivity index (χ2n) is 4.10. The van der Waals surface area contributed by atoms with Crippen LogP contribution in [0, 0.1) is 0 Å². The lowest BCUT2D eigenvalue weighted by Crippen LogP contribution is -2.26. The number of benzene rings is 1. The molecule has 1 aliphatic heterocycles. The van der Waals surface area contributed by atoms with Crippen LogP contribution in [0.5, 0.6) is 0 Å². The van der Waals surface area contributed by atoms with Crippen LogP contribution < -0.4 is 11.1 Å². The zero-order chi connectivity index (χ0) is 14.0. The van der Waals surface area contributed by atoms with Crippen molar-refractivity contribution in [2.24, 2.45) is 14.5 Å². The first kappa shape index (κ1) is 14.5. The van der Waals surface area contributed by atoms with Crippen LogP contribution in [-0.2, 0) is 16.1 Å². The third-order valence-corrected chi connectivity index (χ3v) is 3.79. The van der Waals surface area contributed by atoms with Gasteiger partial charge in [0.1, 0.15) is 11.4 Å². The van der Waals surface area contributed by atoms with Crippen molar-refractivity contribution in [3.63, 3.8) is 0 Å². The van der Waals surface area contributed by atoms with Gasteiger partial charge in [-0.1, -0.05) is 30.1 Å². The molecule has 0 spiro atoms. The number of nitrogens with zero attached hydrogens (tertiary/aromatic N) is 2. The zero-order valence-corrected chi connectivity index (χ0v) is 12.4. The molecular weight excluding hydrogens is 307 g/mol. The molecule has 0 fully saturated rings. The molecule has 0 radical (unpaired) electrons. The lowest BCUT2D eigenvalue weighted by Gasteiger charge is -2.13. The van der Waals surface area contributed by atoms with E-state index in [9.17, 15) is 4.79 Å². The van der Waals surface area contributed by atoms with Gasteiger partial charge in [0.05, 0.1) is 27.1 Å². The van der Waals surface area contributed by atoms with E-state index in [1.54, 1.807) is 6.07 Å². The van der Waals surface area contributed by atoms with E-state index in [2.05, 4.69) is 14.0 Å². The maximum Gasteiger partial charge on any atom is 0.226 e. The number of carbonyl (C=O) groups is 1. The van der Waals surface area contributed by atoms with Crippen molar-refractivity contribution >= 4 is 57.5 Å². The Morgan fingerprint density at radius 2 is 2.11 bits per heavy atom. The van der Waals surface area contributed by atoms with Gasteiger partial charge in [0.25, 0.3) is 0 Å². The number of carbonyl (C=O) groups excluding carboxylic acids is 1. The van der Waals surface area contributed by atoms with Crippen LogP contribution in [0.2, 0.25) is 10.0 Å². The molecule has 19 heavy (non-hydrogen) atoms. The van der Waals surface area contributed by atoms with Crippen molar-refractivity contribution in [2.45, 2.75) is 25.8 Å². The maximum atomic E-state index is 11.9. The number of anilines is 1. The summed E-state index contributed by atoms with van der Waals surface area (Å²) in [5.41, 5.74) is 7.21. The first-order valence-electron chi connectivity index (χ1n) is 5.68. The molecule has 1 amide bonds. The molecular formula is C11H12Cl2N4OS. The highest BCUT2D eigenvalue weighted by atomic mass is 35.5. The Labute approximate surface area is 124 Å². The normalized spacial score (nSPS) is 13.9. The Morgan fingerprint density at radius 3 is 2.79 bits per heavy atom. The Morgan fingerprint density at radius 1 is 1.42 bits per heavy atom. The Hall–Kier alpha value is -0.950. The number of nitrogens with two attached hydrogens (primary N) is 1. The summed E-state index contributed by atoms with van der Waals surface area (Å²) in [5.74, 6) is -0.201. The van der Waals surface area contributed by atoms with Crippen molar-refractivity contribution in [2.75, 3.05) is 5.32 Å². The van der Waals surface area contributed by atoms with E-state index in [-0.39, 0.29) is 18.4 Å². The van der Waals surface area contributed by atoms with Crippen LogP contribution in [-0.4, -0.2) is 11.9 Å². The third-order valence-electron chi connectivity index (χ3n) is 2.68. The van der Waals surface area contributed by atoms with Gasteiger partial charge in [0.15, 0.2) is 0 Å².